The highest BCUT2D eigenvalue weighted by molar-refractivity contribution is 7.90. The first-order valence-corrected chi connectivity index (χ1v) is 8.12. The predicted molar refractivity (Wildman–Crippen MR) is 79.9 cm³/mol. The lowest BCUT2D eigenvalue weighted by Gasteiger charge is -2.08. The van der Waals surface area contributed by atoms with Crippen LogP contribution in [0.25, 0.3) is 0 Å². The van der Waals surface area contributed by atoms with Crippen LogP contribution in [0.5, 0.6) is 0 Å². The number of carboxylic acid groups (broad SMARTS) is 1. The first kappa shape index (κ1) is 15.3. The number of carboxylic acids is 1. The summed E-state index contributed by atoms with van der Waals surface area (Å²) in [5, 5.41) is 8.71. The van der Waals surface area contributed by atoms with Gasteiger partial charge in [0.05, 0.1) is 17.1 Å². The standard InChI is InChI=1S/C16H16O4S/c1-12-4-2-3-5-15(12)21(19,20)11-14-8-6-13(7-9-14)10-16(17)18/h2-9H,10-11H2,1H3,(H,17,18). The van der Waals surface area contributed by atoms with Gasteiger partial charge in [-0.2, -0.15) is 0 Å². The predicted octanol–water partition coefficient (Wildman–Crippen LogP) is 2.60. The van der Waals surface area contributed by atoms with Gasteiger partial charge in [0.2, 0.25) is 0 Å². The number of hydrogen-bond acceptors (Lipinski definition) is 3. The van der Waals surface area contributed by atoms with E-state index in [2.05, 4.69) is 0 Å². The fourth-order valence-corrected chi connectivity index (χ4v) is 3.76. The van der Waals surface area contributed by atoms with E-state index < -0.39 is 15.8 Å². The zero-order valence-electron chi connectivity index (χ0n) is 11.6. The maximum atomic E-state index is 12.4. The van der Waals surface area contributed by atoms with Crippen LogP contribution in [-0.4, -0.2) is 19.5 Å². The van der Waals surface area contributed by atoms with E-state index in [1.54, 1.807) is 55.5 Å². The molecule has 21 heavy (non-hydrogen) atoms. The molecule has 0 aliphatic heterocycles. The molecule has 2 rings (SSSR count). The van der Waals surface area contributed by atoms with E-state index in [-0.39, 0.29) is 12.2 Å². The van der Waals surface area contributed by atoms with Gasteiger partial charge in [-0.3, -0.25) is 4.79 Å². The van der Waals surface area contributed by atoms with Gasteiger partial charge >= 0.3 is 5.97 Å². The Labute approximate surface area is 124 Å². The van der Waals surface area contributed by atoms with Crippen molar-refractivity contribution >= 4 is 15.8 Å². The van der Waals surface area contributed by atoms with E-state index in [1.165, 1.54) is 0 Å². The summed E-state index contributed by atoms with van der Waals surface area (Å²) < 4.78 is 24.8. The van der Waals surface area contributed by atoms with Gasteiger partial charge in [-0.05, 0) is 29.7 Å². The number of aliphatic carboxylic acids is 1. The van der Waals surface area contributed by atoms with E-state index in [4.69, 9.17) is 5.11 Å². The lowest BCUT2D eigenvalue weighted by molar-refractivity contribution is -0.136. The normalized spacial score (nSPS) is 11.3. The summed E-state index contributed by atoms with van der Waals surface area (Å²) in [5.74, 6) is -0.999. The van der Waals surface area contributed by atoms with Gasteiger partial charge in [-0.1, -0.05) is 42.5 Å². The van der Waals surface area contributed by atoms with Gasteiger partial charge in [0.15, 0.2) is 9.84 Å². The SMILES string of the molecule is Cc1ccccc1S(=O)(=O)Cc1ccc(CC(=O)O)cc1. The summed E-state index contributed by atoms with van der Waals surface area (Å²) in [5.41, 5.74) is 2.02. The Balaban J connectivity index is 2.21. The second-order valence-electron chi connectivity index (χ2n) is 4.91. The molecule has 2 aromatic rings. The molecule has 0 aliphatic carbocycles. The minimum atomic E-state index is -3.40. The van der Waals surface area contributed by atoms with Crippen molar-refractivity contribution in [2.75, 3.05) is 0 Å². The number of sulfone groups is 1. The molecule has 0 aliphatic rings. The van der Waals surface area contributed by atoms with Gasteiger partial charge < -0.3 is 5.11 Å². The van der Waals surface area contributed by atoms with Crippen molar-refractivity contribution in [3.05, 3.63) is 65.2 Å². The average molecular weight is 304 g/mol. The Morgan fingerprint density at radius 2 is 1.57 bits per heavy atom. The van der Waals surface area contributed by atoms with Crippen LogP contribution in [0, 0.1) is 6.92 Å². The van der Waals surface area contributed by atoms with Crippen LogP contribution < -0.4 is 0 Å². The van der Waals surface area contributed by atoms with E-state index >= 15 is 0 Å². The Morgan fingerprint density at radius 1 is 1.00 bits per heavy atom. The summed E-state index contributed by atoms with van der Waals surface area (Å²) in [6.45, 7) is 1.77. The van der Waals surface area contributed by atoms with Crippen LogP contribution in [0.15, 0.2) is 53.4 Å². The van der Waals surface area contributed by atoms with E-state index in [9.17, 15) is 13.2 Å². The fraction of sp³-hybridized carbons (Fsp3) is 0.188. The van der Waals surface area contributed by atoms with Crippen molar-refractivity contribution in [1.82, 2.24) is 0 Å². The summed E-state index contributed by atoms with van der Waals surface area (Å²) >= 11 is 0. The highest BCUT2D eigenvalue weighted by atomic mass is 32.2. The third kappa shape index (κ3) is 3.92. The summed E-state index contributed by atoms with van der Waals surface area (Å²) in [6, 6.07) is 13.5. The van der Waals surface area contributed by atoms with E-state index in [0.29, 0.717) is 16.0 Å². The molecule has 1 N–H and O–H groups in total. The Kier molecular flexibility index (Phi) is 4.43. The molecule has 0 aromatic heterocycles. The molecule has 5 heteroatoms. The minimum absolute atomic E-state index is 0.0647. The number of aryl methyl sites for hydroxylation is 1. The van der Waals surface area contributed by atoms with Gasteiger partial charge in [0.25, 0.3) is 0 Å². The fourth-order valence-electron chi connectivity index (χ4n) is 2.13. The van der Waals surface area contributed by atoms with Gasteiger partial charge in [-0.25, -0.2) is 8.42 Å². The van der Waals surface area contributed by atoms with Crippen LogP contribution in [0.4, 0.5) is 0 Å². The van der Waals surface area contributed by atoms with E-state index in [0.717, 1.165) is 5.56 Å². The summed E-state index contributed by atoms with van der Waals surface area (Å²) in [7, 11) is -3.40. The van der Waals surface area contributed by atoms with Crippen molar-refractivity contribution in [1.29, 1.82) is 0 Å². The molecule has 0 amide bonds. The van der Waals surface area contributed by atoms with Crippen molar-refractivity contribution in [3.63, 3.8) is 0 Å². The highest BCUT2D eigenvalue weighted by Gasteiger charge is 2.17. The second-order valence-corrected chi connectivity index (χ2v) is 6.87. The molecule has 0 bridgehead atoms. The molecule has 0 atom stereocenters. The molecule has 0 radical (unpaired) electrons. The molecule has 0 unspecified atom stereocenters. The molecule has 110 valence electrons. The van der Waals surface area contributed by atoms with Gasteiger partial charge in [0, 0.05) is 0 Å². The quantitative estimate of drug-likeness (QED) is 0.921. The number of benzene rings is 2. The number of rotatable bonds is 5. The third-order valence-electron chi connectivity index (χ3n) is 3.16. The molecule has 0 saturated heterocycles. The van der Waals surface area contributed by atoms with Crippen LogP contribution in [0.2, 0.25) is 0 Å². The Morgan fingerprint density at radius 3 is 2.14 bits per heavy atom. The van der Waals surface area contributed by atoms with Gasteiger partial charge in [-0.15, -0.1) is 0 Å². The van der Waals surface area contributed by atoms with Crippen LogP contribution >= 0.6 is 0 Å². The molecule has 0 spiro atoms. The number of hydrogen-bond donors (Lipinski definition) is 1. The van der Waals surface area contributed by atoms with Crippen molar-refractivity contribution in [2.24, 2.45) is 0 Å². The topological polar surface area (TPSA) is 71.4 Å². The second kappa shape index (κ2) is 6.10. The molecule has 0 heterocycles. The molecule has 0 fully saturated rings. The lowest BCUT2D eigenvalue weighted by atomic mass is 10.1. The molecule has 2 aromatic carbocycles. The molecule has 0 saturated carbocycles. The zero-order valence-corrected chi connectivity index (χ0v) is 12.4. The largest absolute Gasteiger partial charge is 0.481 e. The van der Waals surface area contributed by atoms with Crippen LogP contribution in [0.3, 0.4) is 0 Å². The zero-order chi connectivity index (χ0) is 15.5. The summed E-state index contributed by atoms with van der Waals surface area (Å²) in [6.07, 6.45) is -0.0647. The maximum absolute atomic E-state index is 12.4. The maximum Gasteiger partial charge on any atom is 0.307 e. The average Bonchev–Trinajstić information content (AvgIpc) is 2.40. The van der Waals surface area contributed by atoms with Crippen LogP contribution in [0.1, 0.15) is 16.7 Å². The number of carbonyl (C=O) groups is 1. The first-order chi connectivity index (χ1) is 9.88. The first-order valence-electron chi connectivity index (χ1n) is 6.46. The monoisotopic (exact) mass is 304 g/mol. The van der Waals surface area contributed by atoms with Crippen molar-refractivity contribution < 1.29 is 18.3 Å². The Bertz CT molecular complexity index is 746. The van der Waals surface area contributed by atoms with Crippen LogP contribution in [-0.2, 0) is 26.8 Å². The highest BCUT2D eigenvalue weighted by Crippen LogP contribution is 2.20. The van der Waals surface area contributed by atoms with E-state index in [1.807, 2.05) is 0 Å². The van der Waals surface area contributed by atoms with Gasteiger partial charge in [0.1, 0.15) is 0 Å². The molecular weight excluding hydrogens is 288 g/mol. The summed E-state index contributed by atoms with van der Waals surface area (Å²) in [4.78, 5) is 10.9. The Hall–Kier alpha value is -2.14. The molecule has 4 nitrogen and oxygen atoms in total. The van der Waals surface area contributed by atoms with Crippen molar-refractivity contribution in [3.8, 4) is 0 Å². The minimum Gasteiger partial charge on any atom is -0.481 e. The van der Waals surface area contributed by atoms with Crippen molar-refractivity contribution in [2.45, 2.75) is 24.0 Å². The lowest BCUT2D eigenvalue weighted by Crippen LogP contribution is -2.07. The molecular formula is C16H16O4S. The third-order valence-corrected chi connectivity index (χ3v) is 5.01. The smallest absolute Gasteiger partial charge is 0.307 e.